The Morgan fingerprint density at radius 1 is 0.568 bits per heavy atom. The van der Waals surface area contributed by atoms with Crippen molar-refractivity contribution < 1.29 is 23.9 Å². The topological polar surface area (TPSA) is 0 Å². The van der Waals surface area contributed by atoms with E-state index in [2.05, 4.69) is 139 Å². The molecule has 0 spiro atoms. The molecule has 2 unspecified atom stereocenters. The summed E-state index contributed by atoms with van der Waals surface area (Å²) in [5, 5.41) is 0. The third-order valence-corrected chi connectivity index (χ3v) is 15.8. The molecule has 0 saturated carbocycles. The van der Waals surface area contributed by atoms with Crippen molar-refractivity contribution in [1.82, 2.24) is 0 Å². The fraction of sp³-hybridized carbons (Fsp3) is 0.333. The average molecular weight is 671 g/mol. The molecule has 0 amide bonds. The molecule has 0 nitrogen and oxygen atoms in total. The minimum absolute atomic E-state index is 0.563. The van der Waals surface area contributed by atoms with Gasteiger partial charge in [0.15, 0.2) is 0 Å². The van der Waals surface area contributed by atoms with Crippen LogP contribution in [0, 0.1) is 0 Å². The predicted octanol–water partition coefficient (Wildman–Crippen LogP) is 12.0. The van der Waals surface area contributed by atoms with E-state index in [0.29, 0.717) is 23.7 Å². The molecular formula is C42H47SiZr. The van der Waals surface area contributed by atoms with E-state index < -0.39 is 5.92 Å². The molecular weight excluding hydrogens is 624 g/mol. The monoisotopic (exact) mass is 669 g/mol. The van der Waals surface area contributed by atoms with Crippen molar-refractivity contribution >= 4 is 18.1 Å². The Balaban J connectivity index is 1.24. The summed E-state index contributed by atoms with van der Waals surface area (Å²) in [7, 11) is 0. The second kappa shape index (κ2) is 13.4. The minimum atomic E-state index is -0.938. The van der Waals surface area contributed by atoms with Crippen LogP contribution >= 0.6 is 0 Å². The second-order valence-corrected chi connectivity index (χ2v) is 21.9. The van der Waals surface area contributed by atoms with E-state index in [0.717, 1.165) is 12.8 Å². The summed E-state index contributed by atoms with van der Waals surface area (Å²) < 4.78 is 0. The Morgan fingerprint density at radius 3 is 1.30 bits per heavy atom. The van der Waals surface area contributed by atoms with Crippen LogP contribution in [0.15, 0.2) is 96.1 Å². The Labute approximate surface area is 282 Å². The molecule has 0 saturated heterocycles. The molecule has 0 N–H and O–H groups in total. The number of rotatable bonds is 10. The van der Waals surface area contributed by atoms with Crippen molar-refractivity contribution in [3.05, 3.63) is 129 Å². The van der Waals surface area contributed by atoms with Crippen molar-refractivity contribution in [2.45, 2.75) is 90.1 Å². The van der Waals surface area contributed by atoms with Gasteiger partial charge >= 0.3 is 284 Å². The molecule has 223 valence electrons. The maximum absolute atomic E-state index is 2.56. The van der Waals surface area contributed by atoms with E-state index in [-0.39, 0.29) is 0 Å². The zero-order valence-electron chi connectivity index (χ0n) is 27.5. The van der Waals surface area contributed by atoms with Crippen LogP contribution in [0.3, 0.4) is 0 Å². The van der Waals surface area contributed by atoms with Gasteiger partial charge in [-0.1, -0.05) is 0 Å². The van der Waals surface area contributed by atoms with E-state index in [1.807, 2.05) is 23.9 Å². The Bertz CT molecular complexity index is 1560. The van der Waals surface area contributed by atoms with Crippen LogP contribution < -0.4 is 0 Å². The SMILES string of the molecule is CCC1=Cc2c(-c3ccc(C(C)C)cc3)cccc2C1C[SiH]([Zr])CC1C(CC)=Cc2c(-c3ccc(C(C)C)cc3)cccc21. The van der Waals surface area contributed by atoms with Gasteiger partial charge in [0.2, 0.25) is 0 Å². The summed E-state index contributed by atoms with van der Waals surface area (Å²) in [5.74, 6) is 1.39. The molecule has 0 fully saturated rings. The molecule has 4 aromatic rings. The van der Waals surface area contributed by atoms with Crippen LogP contribution in [-0.4, -0.2) is 5.92 Å². The summed E-state index contributed by atoms with van der Waals surface area (Å²) in [6, 6.07) is 35.6. The summed E-state index contributed by atoms with van der Waals surface area (Å²) in [6.07, 6.45) is 7.41. The third kappa shape index (κ3) is 6.15. The number of hydrogen-bond donors (Lipinski definition) is 0. The van der Waals surface area contributed by atoms with Crippen LogP contribution in [0.4, 0.5) is 0 Å². The van der Waals surface area contributed by atoms with Crippen molar-refractivity contribution in [3.63, 3.8) is 0 Å². The Hall–Kier alpha value is -2.54. The van der Waals surface area contributed by atoms with Gasteiger partial charge in [0.1, 0.15) is 0 Å². The van der Waals surface area contributed by atoms with Crippen LogP contribution in [0.25, 0.3) is 34.4 Å². The third-order valence-electron chi connectivity index (χ3n) is 10.2. The molecule has 2 atom stereocenters. The summed E-state index contributed by atoms with van der Waals surface area (Å²) >= 11 is 1.81. The number of allylic oxidation sites excluding steroid dienone is 2. The van der Waals surface area contributed by atoms with Crippen molar-refractivity contribution in [2.75, 3.05) is 0 Å². The molecule has 2 aliphatic carbocycles. The number of benzene rings is 4. The average Bonchev–Trinajstić information content (AvgIpc) is 3.58. The normalized spacial score (nSPS) is 17.9. The van der Waals surface area contributed by atoms with Gasteiger partial charge in [0.05, 0.1) is 0 Å². The van der Waals surface area contributed by atoms with Crippen LogP contribution in [0.5, 0.6) is 0 Å². The van der Waals surface area contributed by atoms with Crippen LogP contribution in [0.1, 0.15) is 111 Å². The van der Waals surface area contributed by atoms with Gasteiger partial charge in [-0.05, 0) is 0 Å². The maximum atomic E-state index is 2.56. The van der Waals surface area contributed by atoms with Gasteiger partial charge in [0, 0.05) is 0 Å². The standard InChI is InChI=1S/C42H47Si.Zr/c1-7-29-23-39-35(33-19-15-31(16-20-33)27(3)4)11-9-13-37(39)41(29)25-43-26-42-30(8-2)24-40-36(12-10-14-38(40)42)34-21-17-32(18-22-34)28(5)6;/h9-24,27-28,41-43H,7-8,25-26H2,1-6H3;. The molecule has 4 aromatic carbocycles. The van der Waals surface area contributed by atoms with Crippen molar-refractivity contribution in [3.8, 4) is 22.3 Å². The van der Waals surface area contributed by atoms with Crippen molar-refractivity contribution in [2.24, 2.45) is 0 Å². The first kappa shape index (κ1) is 31.4. The zero-order valence-corrected chi connectivity index (χ0v) is 31.1. The van der Waals surface area contributed by atoms with Crippen LogP contribution in [-0.2, 0) is 23.9 Å². The van der Waals surface area contributed by atoms with Gasteiger partial charge in [-0.2, -0.15) is 0 Å². The van der Waals surface area contributed by atoms with Crippen molar-refractivity contribution in [1.29, 1.82) is 0 Å². The molecule has 6 rings (SSSR count). The van der Waals surface area contributed by atoms with Gasteiger partial charge < -0.3 is 0 Å². The quantitative estimate of drug-likeness (QED) is 0.147. The summed E-state index contributed by atoms with van der Waals surface area (Å²) in [4.78, 5) is 0. The van der Waals surface area contributed by atoms with E-state index in [9.17, 15) is 0 Å². The van der Waals surface area contributed by atoms with Gasteiger partial charge in [-0.15, -0.1) is 0 Å². The Kier molecular flexibility index (Phi) is 9.61. The molecule has 2 aliphatic rings. The molecule has 0 radical (unpaired) electrons. The zero-order chi connectivity index (χ0) is 31.0. The predicted molar refractivity (Wildman–Crippen MR) is 191 cm³/mol. The fourth-order valence-electron chi connectivity index (χ4n) is 7.58. The summed E-state index contributed by atoms with van der Waals surface area (Å²) in [5.41, 5.74) is 17.8. The van der Waals surface area contributed by atoms with Crippen LogP contribution in [0.2, 0.25) is 12.1 Å². The Morgan fingerprint density at radius 2 is 0.955 bits per heavy atom. The van der Waals surface area contributed by atoms with E-state index in [1.165, 1.54) is 56.6 Å². The van der Waals surface area contributed by atoms with Gasteiger partial charge in [0.25, 0.3) is 0 Å². The molecule has 0 aliphatic heterocycles. The molecule has 2 heteroatoms. The molecule has 44 heavy (non-hydrogen) atoms. The first-order valence-electron chi connectivity index (χ1n) is 16.9. The summed E-state index contributed by atoms with van der Waals surface area (Å²) in [6.45, 7) is 13.8. The molecule has 0 bridgehead atoms. The molecule has 0 heterocycles. The fourth-order valence-corrected chi connectivity index (χ4v) is 13.5. The van der Waals surface area contributed by atoms with E-state index in [4.69, 9.17) is 0 Å². The second-order valence-electron chi connectivity index (χ2n) is 13.6. The van der Waals surface area contributed by atoms with Gasteiger partial charge in [-0.3, -0.25) is 0 Å². The first-order valence-corrected chi connectivity index (χ1v) is 23.3. The first-order chi connectivity index (χ1) is 21.3. The van der Waals surface area contributed by atoms with E-state index in [1.54, 1.807) is 22.3 Å². The van der Waals surface area contributed by atoms with Gasteiger partial charge in [-0.25, -0.2) is 0 Å². The van der Waals surface area contributed by atoms with E-state index >= 15 is 0 Å². The number of hydrogen-bond acceptors (Lipinski definition) is 0. The number of fused-ring (bicyclic) bond motifs is 2. The molecule has 0 aromatic heterocycles.